The van der Waals surface area contributed by atoms with Gasteiger partial charge in [0.2, 0.25) is 0 Å². The third kappa shape index (κ3) is 7.98. The van der Waals surface area contributed by atoms with Gasteiger partial charge in [-0.3, -0.25) is 0 Å². The van der Waals surface area contributed by atoms with E-state index in [0.717, 1.165) is 18.1 Å². The highest BCUT2D eigenvalue weighted by Crippen LogP contribution is 2.03. The van der Waals surface area contributed by atoms with Crippen LogP contribution in [-0.2, 0) is 9.53 Å². The number of hydrogen-bond acceptors (Lipinski definition) is 3. The quantitative estimate of drug-likeness (QED) is 0.439. The summed E-state index contributed by atoms with van der Waals surface area (Å²) in [5.74, 6) is 2.03. The lowest BCUT2D eigenvalue weighted by Crippen LogP contribution is -1.92. The van der Waals surface area contributed by atoms with E-state index in [1.54, 1.807) is 25.8 Å². The van der Waals surface area contributed by atoms with Crippen molar-refractivity contribution in [3.63, 3.8) is 0 Å². The number of Topliss-reactive ketones (excluding diaryl/α,β-unsaturated/α-hetero) is 1. The Morgan fingerprint density at radius 1 is 1.60 bits per heavy atom. The number of carbonyl (C=O) groups excluding carboxylic acids is 1. The molecule has 60 valence electrons. The van der Waals surface area contributed by atoms with Crippen LogP contribution < -0.4 is 0 Å². The molecular formula is C7H14O2S. The number of rotatable bonds is 6. The van der Waals surface area contributed by atoms with Gasteiger partial charge in [-0.25, -0.2) is 0 Å². The van der Waals surface area contributed by atoms with E-state index >= 15 is 0 Å². The van der Waals surface area contributed by atoms with Gasteiger partial charge in [0.05, 0.1) is 5.94 Å². The van der Waals surface area contributed by atoms with Crippen molar-refractivity contribution < 1.29 is 9.53 Å². The van der Waals surface area contributed by atoms with Crippen LogP contribution in [0.25, 0.3) is 0 Å². The number of ketones is 1. The molecule has 0 amide bonds. The fourth-order valence-corrected chi connectivity index (χ4v) is 1.20. The first-order valence-electron chi connectivity index (χ1n) is 3.33. The molecule has 0 fully saturated rings. The lowest BCUT2D eigenvalue weighted by atomic mass is 10.3. The molecule has 0 bridgehead atoms. The van der Waals surface area contributed by atoms with E-state index in [2.05, 4.69) is 0 Å². The molecule has 0 aromatic carbocycles. The summed E-state index contributed by atoms with van der Waals surface area (Å²) in [5, 5.41) is 0. The molecule has 0 radical (unpaired) electrons. The maximum atomic E-state index is 10.4. The summed E-state index contributed by atoms with van der Waals surface area (Å²) in [5.41, 5.74) is 0. The minimum absolute atomic E-state index is 0.276. The molecule has 0 aliphatic carbocycles. The fourth-order valence-electron chi connectivity index (χ4n) is 0.565. The number of methoxy groups -OCH3 is 1. The van der Waals surface area contributed by atoms with Gasteiger partial charge in [0.15, 0.2) is 0 Å². The maximum absolute atomic E-state index is 10.4. The topological polar surface area (TPSA) is 26.3 Å². The van der Waals surface area contributed by atoms with Crippen LogP contribution in [0.4, 0.5) is 0 Å². The molecule has 0 aliphatic rings. The Labute approximate surface area is 66.3 Å². The minimum Gasteiger partial charge on any atom is -0.374 e. The van der Waals surface area contributed by atoms with E-state index in [4.69, 9.17) is 4.74 Å². The number of ether oxygens (including phenoxy) is 1. The van der Waals surface area contributed by atoms with Crippen molar-refractivity contribution in [1.29, 1.82) is 0 Å². The third-order valence-electron chi connectivity index (χ3n) is 1.02. The average molecular weight is 162 g/mol. The summed E-state index contributed by atoms with van der Waals surface area (Å²) in [6, 6.07) is 0. The fraction of sp³-hybridized carbons (Fsp3) is 0.857. The zero-order chi connectivity index (χ0) is 7.82. The Bertz CT molecular complexity index is 93.6. The van der Waals surface area contributed by atoms with Crippen LogP contribution in [-0.4, -0.2) is 24.6 Å². The molecule has 0 unspecified atom stereocenters. The first kappa shape index (κ1) is 9.98. The summed E-state index contributed by atoms with van der Waals surface area (Å²) in [7, 11) is 1.68. The zero-order valence-corrected chi connectivity index (χ0v) is 7.37. The van der Waals surface area contributed by atoms with Gasteiger partial charge in [-0.2, -0.15) is 0 Å². The molecule has 0 rings (SSSR count). The summed E-state index contributed by atoms with van der Waals surface area (Å²) in [4.78, 5) is 10.4. The molecule has 0 saturated carbocycles. The first-order valence-corrected chi connectivity index (χ1v) is 4.49. The molecule has 0 atom stereocenters. The van der Waals surface area contributed by atoms with Crippen LogP contribution in [0.15, 0.2) is 0 Å². The Hall–Kier alpha value is -0.0200. The highest BCUT2D eigenvalue weighted by molar-refractivity contribution is 7.99. The van der Waals surface area contributed by atoms with Gasteiger partial charge < -0.3 is 9.53 Å². The van der Waals surface area contributed by atoms with Gasteiger partial charge in [-0.15, -0.1) is 11.8 Å². The second kappa shape index (κ2) is 7.09. The molecular weight excluding hydrogens is 148 g/mol. The van der Waals surface area contributed by atoms with Crippen molar-refractivity contribution in [3.05, 3.63) is 0 Å². The molecule has 3 heteroatoms. The van der Waals surface area contributed by atoms with Crippen LogP contribution >= 0.6 is 11.8 Å². The largest absolute Gasteiger partial charge is 0.374 e. The Kier molecular flexibility index (Phi) is 7.08. The molecule has 0 saturated heterocycles. The SMILES string of the molecule is COCSCCCC(C)=O. The maximum Gasteiger partial charge on any atom is 0.129 e. The van der Waals surface area contributed by atoms with E-state index < -0.39 is 0 Å². The van der Waals surface area contributed by atoms with E-state index in [-0.39, 0.29) is 5.78 Å². The van der Waals surface area contributed by atoms with Crippen molar-refractivity contribution in [2.75, 3.05) is 18.8 Å². The first-order chi connectivity index (χ1) is 4.77. The average Bonchev–Trinajstić information content (AvgIpc) is 1.87. The summed E-state index contributed by atoms with van der Waals surface area (Å²) >= 11 is 1.72. The normalized spacial score (nSPS) is 9.80. The van der Waals surface area contributed by atoms with Crippen molar-refractivity contribution in [2.24, 2.45) is 0 Å². The van der Waals surface area contributed by atoms with Crippen LogP contribution in [0.1, 0.15) is 19.8 Å². The van der Waals surface area contributed by atoms with Crippen LogP contribution in [0.5, 0.6) is 0 Å². The van der Waals surface area contributed by atoms with Gasteiger partial charge in [0.1, 0.15) is 5.78 Å². The molecule has 10 heavy (non-hydrogen) atoms. The van der Waals surface area contributed by atoms with Crippen molar-refractivity contribution in [2.45, 2.75) is 19.8 Å². The molecule has 0 aliphatic heterocycles. The Balaban J connectivity index is 2.84. The van der Waals surface area contributed by atoms with Crippen LogP contribution in [0, 0.1) is 0 Å². The highest BCUT2D eigenvalue weighted by Gasteiger charge is 1.92. The number of hydrogen-bond donors (Lipinski definition) is 0. The summed E-state index contributed by atoms with van der Waals surface area (Å²) in [6.07, 6.45) is 1.68. The molecule has 0 aromatic rings. The van der Waals surface area contributed by atoms with E-state index in [0.29, 0.717) is 6.42 Å². The standard InChI is InChI=1S/C7H14O2S/c1-7(8)4-3-5-10-6-9-2/h3-6H2,1-2H3. The predicted octanol–water partition coefficient (Wildman–Crippen LogP) is 1.69. The minimum atomic E-state index is 0.276. The predicted molar refractivity (Wildman–Crippen MR) is 44.2 cm³/mol. The third-order valence-corrected chi connectivity index (χ3v) is 2.00. The van der Waals surface area contributed by atoms with E-state index in [1.807, 2.05) is 0 Å². The lowest BCUT2D eigenvalue weighted by Gasteiger charge is -1.96. The number of thioether (sulfide) groups is 1. The monoisotopic (exact) mass is 162 g/mol. The lowest BCUT2D eigenvalue weighted by molar-refractivity contribution is -0.117. The van der Waals surface area contributed by atoms with Crippen molar-refractivity contribution in [3.8, 4) is 0 Å². The summed E-state index contributed by atoms with van der Waals surface area (Å²) < 4.78 is 4.83. The second-order valence-electron chi connectivity index (χ2n) is 2.12. The second-order valence-corrected chi connectivity index (χ2v) is 3.17. The highest BCUT2D eigenvalue weighted by atomic mass is 32.2. The Morgan fingerprint density at radius 3 is 2.80 bits per heavy atom. The molecule has 0 N–H and O–H groups in total. The van der Waals surface area contributed by atoms with Crippen molar-refractivity contribution >= 4 is 17.5 Å². The number of carbonyl (C=O) groups is 1. The molecule has 0 heterocycles. The van der Waals surface area contributed by atoms with Gasteiger partial charge >= 0.3 is 0 Å². The Morgan fingerprint density at radius 2 is 2.30 bits per heavy atom. The van der Waals surface area contributed by atoms with Gasteiger partial charge in [0.25, 0.3) is 0 Å². The smallest absolute Gasteiger partial charge is 0.129 e. The van der Waals surface area contributed by atoms with E-state index in [1.165, 1.54) is 0 Å². The molecule has 0 spiro atoms. The zero-order valence-electron chi connectivity index (χ0n) is 6.55. The van der Waals surface area contributed by atoms with E-state index in [9.17, 15) is 4.79 Å². The van der Waals surface area contributed by atoms with Crippen LogP contribution in [0.2, 0.25) is 0 Å². The molecule has 2 nitrogen and oxygen atoms in total. The summed E-state index contributed by atoms with van der Waals surface area (Å²) in [6.45, 7) is 1.63. The van der Waals surface area contributed by atoms with Gasteiger partial charge in [-0.1, -0.05) is 0 Å². The van der Waals surface area contributed by atoms with Crippen molar-refractivity contribution in [1.82, 2.24) is 0 Å². The molecule has 0 aromatic heterocycles. The van der Waals surface area contributed by atoms with Gasteiger partial charge in [0, 0.05) is 13.5 Å². The van der Waals surface area contributed by atoms with Crippen LogP contribution in [0.3, 0.4) is 0 Å². The van der Waals surface area contributed by atoms with Gasteiger partial charge in [-0.05, 0) is 19.1 Å².